The fourth-order valence-corrected chi connectivity index (χ4v) is 2.49. The molecule has 0 bridgehead atoms. The summed E-state index contributed by atoms with van der Waals surface area (Å²) in [6.07, 6.45) is 1.56. The van der Waals surface area contributed by atoms with Gasteiger partial charge in [0.1, 0.15) is 0 Å². The highest BCUT2D eigenvalue weighted by Gasteiger charge is 2.13. The SMILES string of the molecule is CCN(Cc1ccccc1NCc1nc(-c2ccco2)no1)C(C)=O. The zero-order chi connectivity index (χ0) is 17.6. The number of para-hydroxylation sites is 1. The van der Waals surface area contributed by atoms with Crippen molar-refractivity contribution >= 4 is 11.6 Å². The first-order chi connectivity index (χ1) is 12.2. The summed E-state index contributed by atoms with van der Waals surface area (Å²) in [5, 5.41) is 7.20. The summed E-state index contributed by atoms with van der Waals surface area (Å²) in [7, 11) is 0. The van der Waals surface area contributed by atoms with Crippen molar-refractivity contribution in [3.8, 4) is 11.6 Å². The Balaban J connectivity index is 1.68. The van der Waals surface area contributed by atoms with Crippen LogP contribution in [0.4, 0.5) is 5.69 Å². The smallest absolute Gasteiger partial charge is 0.246 e. The minimum absolute atomic E-state index is 0.0530. The quantitative estimate of drug-likeness (QED) is 0.710. The number of hydrogen-bond acceptors (Lipinski definition) is 6. The molecule has 0 aliphatic heterocycles. The molecule has 1 aromatic carbocycles. The molecule has 0 fully saturated rings. The van der Waals surface area contributed by atoms with Crippen molar-refractivity contribution in [2.24, 2.45) is 0 Å². The molecule has 0 radical (unpaired) electrons. The van der Waals surface area contributed by atoms with Gasteiger partial charge in [-0.1, -0.05) is 23.4 Å². The van der Waals surface area contributed by atoms with Crippen molar-refractivity contribution in [3.05, 3.63) is 54.1 Å². The fourth-order valence-electron chi connectivity index (χ4n) is 2.49. The summed E-state index contributed by atoms with van der Waals surface area (Å²) in [6, 6.07) is 11.4. The van der Waals surface area contributed by atoms with Gasteiger partial charge in [0, 0.05) is 25.7 Å². The zero-order valence-corrected chi connectivity index (χ0v) is 14.2. The lowest BCUT2D eigenvalue weighted by molar-refractivity contribution is -0.129. The lowest BCUT2D eigenvalue weighted by Crippen LogP contribution is -2.28. The summed E-state index contributed by atoms with van der Waals surface area (Å²) in [5.41, 5.74) is 1.96. The monoisotopic (exact) mass is 340 g/mol. The highest BCUT2D eigenvalue weighted by Crippen LogP contribution is 2.19. The minimum Gasteiger partial charge on any atom is -0.461 e. The minimum atomic E-state index is 0.0530. The Bertz CT molecular complexity index is 826. The molecule has 3 aromatic rings. The molecule has 0 spiro atoms. The molecule has 3 rings (SSSR count). The van der Waals surface area contributed by atoms with Gasteiger partial charge in [0.2, 0.25) is 17.6 Å². The first kappa shape index (κ1) is 16.8. The number of furan rings is 1. The van der Waals surface area contributed by atoms with Crippen LogP contribution in [-0.2, 0) is 17.9 Å². The van der Waals surface area contributed by atoms with Crippen molar-refractivity contribution in [2.45, 2.75) is 26.9 Å². The topological polar surface area (TPSA) is 84.4 Å². The summed E-state index contributed by atoms with van der Waals surface area (Å²) in [4.78, 5) is 17.7. The van der Waals surface area contributed by atoms with Crippen LogP contribution in [0.3, 0.4) is 0 Å². The van der Waals surface area contributed by atoms with Gasteiger partial charge in [0.05, 0.1) is 12.8 Å². The third-order valence-corrected chi connectivity index (χ3v) is 3.85. The predicted octanol–water partition coefficient (Wildman–Crippen LogP) is 3.31. The molecule has 130 valence electrons. The number of anilines is 1. The van der Waals surface area contributed by atoms with Crippen LogP contribution in [0.2, 0.25) is 0 Å². The molecule has 0 atom stereocenters. The van der Waals surface area contributed by atoms with Gasteiger partial charge in [-0.2, -0.15) is 4.98 Å². The normalized spacial score (nSPS) is 10.6. The Morgan fingerprint density at radius 2 is 2.08 bits per heavy atom. The number of hydrogen-bond donors (Lipinski definition) is 1. The zero-order valence-electron chi connectivity index (χ0n) is 14.2. The van der Waals surface area contributed by atoms with Gasteiger partial charge in [-0.3, -0.25) is 4.79 Å². The Hall–Kier alpha value is -3.09. The number of benzene rings is 1. The first-order valence-corrected chi connectivity index (χ1v) is 8.11. The molecule has 0 aliphatic rings. The Labute approximate surface area is 145 Å². The molecule has 1 N–H and O–H groups in total. The molecule has 0 saturated heterocycles. The van der Waals surface area contributed by atoms with E-state index in [1.807, 2.05) is 31.2 Å². The van der Waals surface area contributed by atoms with Crippen molar-refractivity contribution in [3.63, 3.8) is 0 Å². The van der Waals surface area contributed by atoms with Crippen LogP contribution in [-0.4, -0.2) is 27.5 Å². The molecule has 7 heteroatoms. The highest BCUT2D eigenvalue weighted by atomic mass is 16.5. The van der Waals surface area contributed by atoms with Crippen LogP contribution in [0.25, 0.3) is 11.6 Å². The van der Waals surface area contributed by atoms with Crippen LogP contribution in [0.15, 0.2) is 51.6 Å². The van der Waals surface area contributed by atoms with Crippen LogP contribution < -0.4 is 5.32 Å². The van der Waals surface area contributed by atoms with Crippen molar-refractivity contribution in [2.75, 3.05) is 11.9 Å². The lowest BCUT2D eigenvalue weighted by atomic mass is 10.1. The van der Waals surface area contributed by atoms with E-state index in [1.54, 1.807) is 30.2 Å². The highest BCUT2D eigenvalue weighted by molar-refractivity contribution is 5.73. The largest absolute Gasteiger partial charge is 0.461 e. The van der Waals surface area contributed by atoms with Crippen LogP contribution in [0, 0.1) is 0 Å². The average molecular weight is 340 g/mol. The summed E-state index contributed by atoms with van der Waals surface area (Å²) in [5.74, 6) is 1.50. The molecule has 7 nitrogen and oxygen atoms in total. The number of nitrogens with one attached hydrogen (secondary N) is 1. The van der Waals surface area contributed by atoms with Gasteiger partial charge in [0.15, 0.2) is 5.76 Å². The first-order valence-electron chi connectivity index (χ1n) is 8.11. The molecular weight excluding hydrogens is 320 g/mol. The molecule has 2 aromatic heterocycles. The maximum atomic E-state index is 11.6. The number of carbonyl (C=O) groups excluding carboxylic acids is 1. The van der Waals surface area contributed by atoms with E-state index in [4.69, 9.17) is 8.94 Å². The van der Waals surface area contributed by atoms with Gasteiger partial charge in [-0.15, -0.1) is 0 Å². The maximum absolute atomic E-state index is 11.6. The van der Waals surface area contributed by atoms with Gasteiger partial charge < -0.3 is 19.2 Å². The molecular formula is C18H20N4O3. The molecule has 1 amide bonds. The Morgan fingerprint density at radius 1 is 1.24 bits per heavy atom. The van der Waals surface area contributed by atoms with Crippen LogP contribution in [0.1, 0.15) is 25.3 Å². The number of aromatic nitrogens is 2. The Morgan fingerprint density at radius 3 is 2.80 bits per heavy atom. The second kappa shape index (κ2) is 7.65. The van der Waals surface area contributed by atoms with E-state index in [0.29, 0.717) is 37.1 Å². The predicted molar refractivity (Wildman–Crippen MR) is 92.5 cm³/mol. The van der Waals surface area contributed by atoms with E-state index in [9.17, 15) is 4.79 Å². The third kappa shape index (κ3) is 4.06. The summed E-state index contributed by atoms with van der Waals surface area (Å²) in [6.45, 7) is 5.15. The summed E-state index contributed by atoms with van der Waals surface area (Å²) >= 11 is 0. The third-order valence-electron chi connectivity index (χ3n) is 3.85. The van der Waals surface area contributed by atoms with E-state index in [1.165, 1.54) is 0 Å². The van der Waals surface area contributed by atoms with Crippen LogP contribution >= 0.6 is 0 Å². The molecule has 2 heterocycles. The summed E-state index contributed by atoms with van der Waals surface area (Å²) < 4.78 is 10.5. The van der Waals surface area contributed by atoms with Gasteiger partial charge in [0.25, 0.3) is 0 Å². The number of rotatable bonds is 7. The lowest BCUT2D eigenvalue weighted by Gasteiger charge is -2.21. The van der Waals surface area contributed by atoms with Gasteiger partial charge >= 0.3 is 0 Å². The van der Waals surface area contributed by atoms with Crippen molar-refractivity contribution < 1.29 is 13.7 Å². The van der Waals surface area contributed by atoms with Crippen LogP contribution in [0.5, 0.6) is 0 Å². The number of amides is 1. The number of carbonyl (C=O) groups is 1. The number of nitrogens with zero attached hydrogens (tertiary/aromatic N) is 3. The fraction of sp³-hybridized carbons (Fsp3) is 0.278. The average Bonchev–Trinajstić information content (AvgIpc) is 3.29. The van der Waals surface area contributed by atoms with E-state index in [0.717, 1.165) is 11.3 Å². The van der Waals surface area contributed by atoms with Crippen molar-refractivity contribution in [1.82, 2.24) is 15.0 Å². The standard InChI is InChI=1S/C18H20N4O3/c1-3-22(13(2)23)12-14-7-4-5-8-15(14)19-11-17-20-18(21-25-17)16-9-6-10-24-16/h4-10,19H,3,11-12H2,1-2H3. The van der Waals surface area contributed by atoms with Gasteiger partial charge in [-0.05, 0) is 30.7 Å². The maximum Gasteiger partial charge on any atom is 0.246 e. The van der Waals surface area contributed by atoms with E-state index in [-0.39, 0.29) is 5.91 Å². The van der Waals surface area contributed by atoms with Crippen molar-refractivity contribution in [1.29, 1.82) is 0 Å². The van der Waals surface area contributed by atoms with E-state index in [2.05, 4.69) is 15.5 Å². The second-order valence-electron chi connectivity index (χ2n) is 5.53. The van der Waals surface area contributed by atoms with E-state index < -0.39 is 0 Å². The molecule has 0 aliphatic carbocycles. The van der Waals surface area contributed by atoms with Gasteiger partial charge in [-0.25, -0.2) is 0 Å². The Kier molecular flexibility index (Phi) is 5.13. The molecule has 0 saturated carbocycles. The molecule has 25 heavy (non-hydrogen) atoms. The second-order valence-corrected chi connectivity index (χ2v) is 5.53. The molecule has 0 unspecified atom stereocenters. The van der Waals surface area contributed by atoms with E-state index >= 15 is 0 Å².